The van der Waals surface area contributed by atoms with Gasteiger partial charge in [-0.3, -0.25) is 4.79 Å². The van der Waals surface area contributed by atoms with Gasteiger partial charge in [-0.05, 0) is 42.3 Å². The number of carbonyl (C=O) groups is 1. The van der Waals surface area contributed by atoms with E-state index in [2.05, 4.69) is 20.9 Å². The Kier molecular flexibility index (Phi) is 7.59. The molecule has 2 aliphatic heterocycles. The summed E-state index contributed by atoms with van der Waals surface area (Å²) in [6.45, 7) is 6.71. The number of hydrogen-bond donors (Lipinski definition) is 0. The second-order valence-corrected chi connectivity index (χ2v) is 12.5. The highest BCUT2D eigenvalue weighted by molar-refractivity contribution is 9.10. The molecule has 0 bridgehead atoms. The number of aryl methyl sites for hydroxylation is 1. The molecular formula is C24H27BrN2O5S2. The van der Waals surface area contributed by atoms with Gasteiger partial charge in [0, 0.05) is 21.9 Å². The van der Waals surface area contributed by atoms with Crippen LogP contribution in [0.2, 0.25) is 0 Å². The van der Waals surface area contributed by atoms with E-state index in [0.717, 1.165) is 11.1 Å². The summed E-state index contributed by atoms with van der Waals surface area (Å²) in [5.41, 5.74) is 2.71. The number of anilines is 1. The van der Waals surface area contributed by atoms with Crippen molar-refractivity contribution < 1.29 is 22.7 Å². The second-order valence-electron chi connectivity index (χ2n) is 8.24. The minimum Gasteiger partial charge on any atom is -0.490 e. The van der Waals surface area contributed by atoms with Crippen LogP contribution in [0, 0.1) is 6.92 Å². The Morgan fingerprint density at radius 3 is 2.41 bits per heavy atom. The van der Waals surface area contributed by atoms with E-state index in [-0.39, 0.29) is 35.1 Å². The first-order chi connectivity index (χ1) is 16.2. The third kappa shape index (κ3) is 5.44. The van der Waals surface area contributed by atoms with Gasteiger partial charge in [0.25, 0.3) is 5.91 Å². The maximum absolute atomic E-state index is 12.9. The number of carbonyl (C=O) groups excluding carboxylic acids is 1. The zero-order valence-electron chi connectivity index (χ0n) is 19.3. The molecule has 0 aromatic heterocycles. The molecule has 1 amide bonds. The van der Waals surface area contributed by atoms with Crippen molar-refractivity contribution in [3.8, 4) is 11.5 Å². The summed E-state index contributed by atoms with van der Waals surface area (Å²) in [6, 6.07) is 11.1. The summed E-state index contributed by atoms with van der Waals surface area (Å²) >= 11 is 4.97. The zero-order valence-corrected chi connectivity index (χ0v) is 22.5. The quantitative estimate of drug-likeness (QED) is 0.491. The molecule has 2 aliphatic rings. The van der Waals surface area contributed by atoms with Crippen molar-refractivity contribution in [3.63, 3.8) is 0 Å². The number of nitrogens with zero attached hydrogens (tertiary/aromatic N) is 2. The minimum atomic E-state index is -3.17. The van der Waals surface area contributed by atoms with Gasteiger partial charge in [-0.1, -0.05) is 41.6 Å². The molecule has 182 valence electrons. The Morgan fingerprint density at radius 1 is 1.12 bits per heavy atom. The highest BCUT2D eigenvalue weighted by Gasteiger charge is 2.50. The number of aliphatic imine (C=N–C) groups is 1. The van der Waals surface area contributed by atoms with Crippen molar-refractivity contribution in [3.05, 3.63) is 52.0 Å². The molecule has 2 aromatic carbocycles. The lowest BCUT2D eigenvalue weighted by Gasteiger charge is -2.27. The minimum absolute atomic E-state index is 0.0134. The summed E-state index contributed by atoms with van der Waals surface area (Å²) in [6.07, 6.45) is 0.181. The average Bonchev–Trinajstić information content (AvgIpc) is 3.22. The van der Waals surface area contributed by atoms with Gasteiger partial charge < -0.3 is 14.4 Å². The van der Waals surface area contributed by atoms with E-state index in [1.807, 2.05) is 62.1 Å². The predicted octanol–water partition coefficient (Wildman–Crippen LogP) is 4.40. The lowest BCUT2D eigenvalue weighted by Crippen LogP contribution is -2.38. The van der Waals surface area contributed by atoms with E-state index in [1.54, 1.807) is 0 Å². The fourth-order valence-corrected chi connectivity index (χ4v) is 8.56. The normalized spacial score (nSPS) is 22.1. The van der Waals surface area contributed by atoms with Crippen LogP contribution in [-0.2, 0) is 21.1 Å². The van der Waals surface area contributed by atoms with Gasteiger partial charge in [-0.15, -0.1) is 0 Å². The molecule has 0 aliphatic carbocycles. The number of fused-ring (bicyclic) bond motifs is 1. The molecule has 34 heavy (non-hydrogen) atoms. The first kappa shape index (κ1) is 25.1. The van der Waals surface area contributed by atoms with Crippen molar-refractivity contribution in [2.75, 3.05) is 29.6 Å². The first-order valence-corrected chi connectivity index (χ1v) is 14.6. The number of ether oxygens (including phenoxy) is 2. The highest BCUT2D eigenvalue weighted by atomic mass is 79.9. The number of hydrogen-bond acceptors (Lipinski definition) is 6. The molecule has 0 saturated carbocycles. The number of rotatable bonds is 7. The van der Waals surface area contributed by atoms with Gasteiger partial charge >= 0.3 is 0 Å². The van der Waals surface area contributed by atoms with Crippen molar-refractivity contribution in [2.24, 2.45) is 4.99 Å². The lowest BCUT2D eigenvalue weighted by molar-refractivity contribution is -0.117. The molecule has 0 N–H and O–H groups in total. The van der Waals surface area contributed by atoms with Crippen molar-refractivity contribution in [1.82, 2.24) is 0 Å². The number of thioether (sulfide) groups is 1. The van der Waals surface area contributed by atoms with Crippen LogP contribution in [0.4, 0.5) is 5.69 Å². The summed E-state index contributed by atoms with van der Waals surface area (Å²) in [4.78, 5) is 19.2. The van der Waals surface area contributed by atoms with E-state index in [1.165, 1.54) is 11.8 Å². The third-order valence-corrected chi connectivity index (χ3v) is 9.48. The van der Waals surface area contributed by atoms with Crippen LogP contribution in [0.5, 0.6) is 11.5 Å². The van der Waals surface area contributed by atoms with Crippen LogP contribution < -0.4 is 14.4 Å². The van der Waals surface area contributed by atoms with Gasteiger partial charge in [0.1, 0.15) is 0 Å². The Balaban J connectivity index is 1.71. The van der Waals surface area contributed by atoms with Crippen molar-refractivity contribution in [1.29, 1.82) is 0 Å². The summed E-state index contributed by atoms with van der Waals surface area (Å²) in [5, 5.41) is 0.319. The maximum Gasteiger partial charge on any atom is 0.252 e. The average molecular weight is 568 g/mol. The van der Waals surface area contributed by atoms with Gasteiger partial charge in [0.2, 0.25) is 0 Å². The lowest BCUT2D eigenvalue weighted by atomic mass is 10.1. The van der Waals surface area contributed by atoms with Gasteiger partial charge in [0.15, 0.2) is 26.5 Å². The van der Waals surface area contributed by atoms with Crippen LogP contribution >= 0.6 is 27.7 Å². The van der Waals surface area contributed by atoms with Crippen LogP contribution in [0.15, 0.2) is 45.9 Å². The summed E-state index contributed by atoms with van der Waals surface area (Å²) < 4.78 is 37.0. The number of amidine groups is 1. The zero-order chi connectivity index (χ0) is 24.5. The third-order valence-electron chi connectivity index (χ3n) is 5.64. The number of benzene rings is 2. The molecule has 2 fully saturated rings. The van der Waals surface area contributed by atoms with E-state index in [9.17, 15) is 13.2 Å². The molecule has 0 radical (unpaired) electrons. The molecule has 0 spiro atoms. The Hall–Kier alpha value is -2.04. The van der Waals surface area contributed by atoms with Crippen molar-refractivity contribution >= 4 is 54.3 Å². The highest BCUT2D eigenvalue weighted by Crippen LogP contribution is 2.46. The standard InChI is InChI=1S/C24H27BrN2O5S2/c1-4-31-20-11-17(25)18(12-21(20)32-5-2)27-19-13-34(29,30)14-22(19)33-24(27)26-23(28)10-16-8-6-15(3)7-9-16/h6-9,11-12,19,22H,4-5,10,13-14H2,1-3H3/t19-,22-/m1/s1. The van der Waals surface area contributed by atoms with Crippen LogP contribution in [0.1, 0.15) is 25.0 Å². The Bertz CT molecular complexity index is 1210. The molecule has 0 unspecified atom stereocenters. The fraction of sp³-hybridized carbons (Fsp3) is 0.417. The monoisotopic (exact) mass is 566 g/mol. The van der Waals surface area contributed by atoms with Gasteiger partial charge in [-0.25, -0.2) is 8.42 Å². The van der Waals surface area contributed by atoms with Crippen LogP contribution in [0.25, 0.3) is 0 Å². The molecule has 10 heteroatoms. The number of halogens is 1. The number of sulfone groups is 1. The van der Waals surface area contributed by atoms with Gasteiger partial charge in [0.05, 0.1) is 42.9 Å². The maximum atomic E-state index is 12.9. The molecule has 2 aromatic rings. The molecule has 2 heterocycles. The van der Waals surface area contributed by atoms with Crippen LogP contribution in [-0.4, -0.2) is 55.5 Å². The van der Waals surface area contributed by atoms with E-state index < -0.39 is 9.84 Å². The smallest absolute Gasteiger partial charge is 0.252 e. The molecule has 2 saturated heterocycles. The number of amides is 1. The molecule has 2 atom stereocenters. The molecule has 7 nitrogen and oxygen atoms in total. The topological polar surface area (TPSA) is 85.3 Å². The van der Waals surface area contributed by atoms with E-state index in [0.29, 0.717) is 40.0 Å². The largest absolute Gasteiger partial charge is 0.490 e. The predicted molar refractivity (Wildman–Crippen MR) is 140 cm³/mol. The SMILES string of the molecule is CCOc1cc(Br)c(N2C(=NC(=O)Cc3ccc(C)cc3)S[C@@H]3CS(=O)(=O)C[C@H]32)cc1OCC. The summed E-state index contributed by atoms with van der Waals surface area (Å²) in [5.74, 6) is 0.959. The first-order valence-electron chi connectivity index (χ1n) is 11.1. The molecular weight excluding hydrogens is 540 g/mol. The second kappa shape index (κ2) is 10.3. The summed E-state index contributed by atoms with van der Waals surface area (Å²) in [7, 11) is -3.17. The van der Waals surface area contributed by atoms with E-state index in [4.69, 9.17) is 9.47 Å². The van der Waals surface area contributed by atoms with Crippen molar-refractivity contribution in [2.45, 2.75) is 38.5 Å². The van der Waals surface area contributed by atoms with Crippen LogP contribution in [0.3, 0.4) is 0 Å². The molecule has 4 rings (SSSR count). The fourth-order valence-electron chi connectivity index (χ4n) is 4.12. The van der Waals surface area contributed by atoms with Gasteiger partial charge in [-0.2, -0.15) is 4.99 Å². The van der Waals surface area contributed by atoms with E-state index >= 15 is 0 Å². The Labute approximate surface area is 213 Å². The Morgan fingerprint density at radius 2 is 1.76 bits per heavy atom.